The van der Waals surface area contributed by atoms with E-state index in [0.717, 1.165) is 16.3 Å². The van der Waals surface area contributed by atoms with Gasteiger partial charge in [0.15, 0.2) is 0 Å². The maximum atomic E-state index is 12.0. The highest BCUT2D eigenvalue weighted by Crippen LogP contribution is 2.26. The van der Waals surface area contributed by atoms with Crippen molar-refractivity contribution in [2.75, 3.05) is 7.11 Å². The number of fused-ring (bicyclic) bond motifs is 1. The highest BCUT2D eigenvalue weighted by molar-refractivity contribution is 9.10. The number of methoxy groups -OCH3 is 1. The van der Waals surface area contributed by atoms with E-state index in [2.05, 4.69) is 25.9 Å². The van der Waals surface area contributed by atoms with E-state index < -0.39 is 0 Å². The molecule has 3 aromatic rings. The second-order valence-corrected chi connectivity index (χ2v) is 5.43. The number of nitrogens with one attached hydrogen (secondary N) is 1. The predicted octanol–water partition coefficient (Wildman–Crippen LogP) is 3.50. The summed E-state index contributed by atoms with van der Waals surface area (Å²) in [6.45, 7) is 0.280. The fourth-order valence-electron chi connectivity index (χ4n) is 2.30. The molecule has 0 aliphatic rings. The molecule has 4 nitrogen and oxygen atoms in total. The van der Waals surface area contributed by atoms with E-state index in [1.54, 1.807) is 7.11 Å². The normalized spacial score (nSPS) is 11.0. The number of H-pyrrole nitrogens is 1. The third-order valence-corrected chi connectivity index (χ3v) is 4.08. The largest absolute Gasteiger partial charge is 0.378 e. The van der Waals surface area contributed by atoms with Crippen molar-refractivity contribution in [3.8, 4) is 11.4 Å². The first-order valence-corrected chi connectivity index (χ1v) is 7.26. The molecule has 0 aliphatic carbocycles. The molecular weight excluding hydrogens is 332 g/mol. The van der Waals surface area contributed by atoms with Crippen LogP contribution in [0.15, 0.2) is 51.7 Å². The Labute approximate surface area is 129 Å². The maximum Gasteiger partial charge on any atom is 0.265 e. The summed E-state index contributed by atoms with van der Waals surface area (Å²) in [6, 6.07) is 13.9. The summed E-state index contributed by atoms with van der Waals surface area (Å²) in [5.74, 6) is 0.548. The van der Waals surface area contributed by atoms with E-state index in [1.807, 2.05) is 42.5 Å². The van der Waals surface area contributed by atoms with E-state index in [4.69, 9.17) is 4.74 Å². The number of aromatic nitrogens is 2. The lowest BCUT2D eigenvalue weighted by atomic mass is 10.0. The molecule has 0 unspecified atom stereocenters. The highest BCUT2D eigenvalue weighted by atomic mass is 79.9. The summed E-state index contributed by atoms with van der Waals surface area (Å²) in [5.41, 5.74) is 1.28. The van der Waals surface area contributed by atoms with Gasteiger partial charge in [0, 0.05) is 12.7 Å². The quantitative estimate of drug-likeness (QED) is 0.791. The van der Waals surface area contributed by atoms with Crippen molar-refractivity contribution in [3.05, 3.63) is 63.0 Å². The van der Waals surface area contributed by atoms with Gasteiger partial charge in [-0.25, -0.2) is 4.98 Å². The number of benzene rings is 2. The van der Waals surface area contributed by atoms with Crippen LogP contribution in [0.3, 0.4) is 0 Å². The number of rotatable bonds is 3. The van der Waals surface area contributed by atoms with Crippen LogP contribution in [0.25, 0.3) is 22.2 Å². The molecule has 1 N–H and O–H groups in total. The predicted molar refractivity (Wildman–Crippen MR) is 86.2 cm³/mol. The summed E-state index contributed by atoms with van der Waals surface area (Å²) in [5, 5.41) is 2.16. The molecule has 0 saturated heterocycles. The zero-order valence-corrected chi connectivity index (χ0v) is 13.0. The van der Waals surface area contributed by atoms with Crippen molar-refractivity contribution in [3.63, 3.8) is 0 Å². The Kier molecular flexibility index (Phi) is 3.86. The zero-order valence-electron chi connectivity index (χ0n) is 11.4. The first-order valence-electron chi connectivity index (χ1n) is 6.46. The van der Waals surface area contributed by atoms with Gasteiger partial charge in [0.1, 0.15) is 10.3 Å². The molecule has 0 amide bonds. The van der Waals surface area contributed by atoms with E-state index in [0.29, 0.717) is 16.0 Å². The van der Waals surface area contributed by atoms with Gasteiger partial charge in [0.25, 0.3) is 5.56 Å². The van der Waals surface area contributed by atoms with Crippen LogP contribution in [0, 0.1) is 0 Å². The number of aromatic amines is 1. The van der Waals surface area contributed by atoms with Crippen molar-refractivity contribution in [2.24, 2.45) is 0 Å². The molecule has 0 atom stereocenters. The lowest BCUT2D eigenvalue weighted by Crippen LogP contribution is -2.14. The summed E-state index contributed by atoms with van der Waals surface area (Å²) >= 11 is 3.25. The Morgan fingerprint density at radius 1 is 1.19 bits per heavy atom. The van der Waals surface area contributed by atoms with Crippen LogP contribution in [0.4, 0.5) is 0 Å². The van der Waals surface area contributed by atoms with Crippen LogP contribution in [-0.4, -0.2) is 17.1 Å². The Morgan fingerprint density at radius 3 is 2.76 bits per heavy atom. The molecule has 106 valence electrons. The lowest BCUT2D eigenvalue weighted by Gasteiger charge is -2.08. The Hall–Kier alpha value is -1.98. The van der Waals surface area contributed by atoms with Crippen LogP contribution < -0.4 is 5.56 Å². The van der Waals surface area contributed by atoms with E-state index in [9.17, 15) is 4.79 Å². The molecule has 0 radical (unpaired) electrons. The van der Waals surface area contributed by atoms with Gasteiger partial charge in [-0.1, -0.05) is 42.5 Å². The lowest BCUT2D eigenvalue weighted by molar-refractivity contribution is 0.180. The molecule has 0 aliphatic heterocycles. The fraction of sp³-hybridized carbons (Fsp3) is 0.125. The molecule has 2 aromatic carbocycles. The minimum absolute atomic E-state index is 0.208. The molecule has 1 heterocycles. The summed E-state index contributed by atoms with van der Waals surface area (Å²) in [7, 11) is 1.58. The summed E-state index contributed by atoms with van der Waals surface area (Å²) < 4.78 is 5.51. The third kappa shape index (κ3) is 2.62. The first kappa shape index (κ1) is 14.0. The zero-order chi connectivity index (χ0) is 14.8. The van der Waals surface area contributed by atoms with Crippen molar-refractivity contribution < 1.29 is 4.74 Å². The molecule has 5 heteroatoms. The van der Waals surface area contributed by atoms with Crippen molar-refractivity contribution in [1.29, 1.82) is 0 Å². The topological polar surface area (TPSA) is 55.0 Å². The van der Waals surface area contributed by atoms with Gasteiger partial charge in [-0.3, -0.25) is 4.79 Å². The number of hydrogen-bond acceptors (Lipinski definition) is 3. The molecule has 0 saturated carbocycles. The number of nitrogens with zero attached hydrogens (tertiary/aromatic N) is 1. The smallest absolute Gasteiger partial charge is 0.265 e. The summed E-state index contributed by atoms with van der Waals surface area (Å²) in [4.78, 5) is 19.4. The van der Waals surface area contributed by atoms with Gasteiger partial charge in [0.05, 0.1) is 12.3 Å². The van der Waals surface area contributed by atoms with Crippen LogP contribution in [0.1, 0.15) is 5.69 Å². The van der Waals surface area contributed by atoms with Gasteiger partial charge >= 0.3 is 0 Å². The molecule has 21 heavy (non-hydrogen) atoms. The highest BCUT2D eigenvalue weighted by Gasteiger charge is 2.12. The summed E-state index contributed by atoms with van der Waals surface area (Å²) in [6.07, 6.45) is 0. The fourth-order valence-corrected chi connectivity index (χ4v) is 2.60. The second kappa shape index (κ2) is 5.79. The molecule has 0 bridgehead atoms. The van der Waals surface area contributed by atoms with Crippen LogP contribution >= 0.6 is 15.9 Å². The van der Waals surface area contributed by atoms with Crippen molar-refractivity contribution in [2.45, 2.75) is 6.61 Å². The third-order valence-electron chi connectivity index (χ3n) is 3.26. The Balaban J connectivity index is 2.26. The van der Waals surface area contributed by atoms with Crippen molar-refractivity contribution >= 4 is 26.7 Å². The van der Waals surface area contributed by atoms with Crippen LogP contribution in [0.2, 0.25) is 0 Å². The SMILES string of the molecule is COCc1nc(-c2cccc3ccccc23)[nH]c(=O)c1Br. The van der Waals surface area contributed by atoms with Crippen molar-refractivity contribution in [1.82, 2.24) is 9.97 Å². The average Bonchev–Trinajstić information content (AvgIpc) is 2.51. The average molecular weight is 345 g/mol. The second-order valence-electron chi connectivity index (χ2n) is 4.63. The van der Waals surface area contributed by atoms with Gasteiger partial charge in [-0.15, -0.1) is 0 Å². The number of ether oxygens (including phenoxy) is 1. The standard InChI is InChI=1S/C16H13BrN2O2/c1-21-9-13-14(17)16(20)19-15(18-13)12-8-4-6-10-5-2-3-7-11(10)12/h2-8H,9H2,1H3,(H,18,19,20). The molecule has 0 fully saturated rings. The van der Waals surface area contributed by atoms with Gasteiger partial charge in [0.2, 0.25) is 0 Å². The molecular formula is C16H13BrN2O2. The van der Waals surface area contributed by atoms with E-state index >= 15 is 0 Å². The van der Waals surface area contributed by atoms with E-state index in [-0.39, 0.29) is 12.2 Å². The maximum absolute atomic E-state index is 12.0. The monoisotopic (exact) mass is 344 g/mol. The van der Waals surface area contributed by atoms with Gasteiger partial charge in [-0.2, -0.15) is 0 Å². The van der Waals surface area contributed by atoms with E-state index in [1.165, 1.54) is 0 Å². The first-order chi connectivity index (χ1) is 10.2. The Morgan fingerprint density at radius 2 is 1.95 bits per heavy atom. The molecule has 0 spiro atoms. The Bertz CT molecular complexity index is 853. The molecule has 3 rings (SSSR count). The minimum atomic E-state index is -0.208. The molecule has 1 aromatic heterocycles. The van der Waals surface area contributed by atoms with Crippen LogP contribution in [-0.2, 0) is 11.3 Å². The minimum Gasteiger partial charge on any atom is -0.378 e. The number of halogens is 1. The van der Waals surface area contributed by atoms with Gasteiger partial charge in [-0.05, 0) is 26.7 Å². The van der Waals surface area contributed by atoms with Gasteiger partial charge < -0.3 is 9.72 Å². The number of hydrogen-bond donors (Lipinski definition) is 1. The van der Waals surface area contributed by atoms with Crippen LogP contribution in [0.5, 0.6) is 0 Å².